The minimum atomic E-state index is 0.500. The number of ether oxygens (including phenoxy) is 1. The van der Waals surface area contributed by atoms with Gasteiger partial charge in [-0.1, -0.05) is 6.07 Å². The van der Waals surface area contributed by atoms with Gasteiger partial charge >= 0.3 is 0 Å². The fourth-order valence-electron chi connectivity index (χ4n) is 2.21. The number of nitrogens with one attached hydrogen (secondary N) is 2. The standard InChI is InChI=1S/C17H19N5OS/c1-23-13-6-4-12(5-7-13)22-17-15(18)16(20-11-21-17)19-9-8-14-3-2-10-24-14/h2-7,10-11H,8-9,18H2,1H3,(H2,19,20,21,22). The van der Waals surface area contributed by atoms with Crippen molar-refractivity contribution in [1.82, 2.24) is 9.97 Å². The molecule has 124 valence electrons. The van der Waals surface area contributed by atoms with E-state index >= 15 is 0 Å². The zero-order valence-electron chi connectivity index (χ0n) is 13.3. The summed E-state index contributed by atoms with van der Waals surface area (Å²) in [5, 5.41) is 8.54. The molecule has 0 fully saturated rings. The smallest absolute Gasteiger partial charge is 0.159 e. The molecule has 0 bridgehead atoms. The predicted molar refractivity (Wildman–Crippen MR) is 99.2 cm³/mol. The fraction of sp³-hybridized carbons (Fsp3) is 0.176. The van der Waals surface area contributed by atoms with Crippen molar-refractivity contribution in [1.29, 1.82) is 0 Å². The summed E-state index contributed by atoms with van der Waals surface area (Å²) in [5.74, 6) is 2.01. The second kappa shape index (κ2) is 7.65. The SMILES string of the molecule is COc1ccc(Nc2ncnc(NCCc3cccs3)c2N)cc1. The highest BCUT2D eigenvalue weighted by atomic mass is 32.1. The topological polar surface area (TPSA) is 85.1 Å². The van der Waals surface area contributed by atoms with Crippen molar-refractivity contribution in [3.8, 4) is 5.75 Å². The van der Waals surface area contributed by atoms with Gasteiger partial charge in [-0.25, -0.2) is 9.97 Å². The minimum absolute atomic E-state index is 0.500. The average Bonchev–Trinajstić information content (AvgIpc) is 3.12. The maximum Gasteiger partial charge on any atom is 0.159 e. The average molecular weight is 341 g/mol. The van der Waals surface area contributed by atoms with Crippen LogP contribution in [0, 0.1) is 0 Å². The molecular formula is C17H19N5OS. The van der Waals surface area contributed by atoms with Gasteiger partial charge in [0.25, 0.3) is 0 Å². The Bertz CT molecular complexity index is 774. The van der Waals surface area contributed by atoms with E-state index < -0.39 is 0 Å². The van der Waals surface area contributed by atoms with E-state index in [1.165, 1.54) is 11.2 Å². The number of nitrogens with two attached hydrogens (primary N) is 1. The summed E-state index contributed by atoms with van der Waals surface area (Å²) in [4.78, 5) is 9.77. The normalized spacial score (nSPS) is 10.4. The number of methoxy groups -OCH3 is 1. The lowest BCUT2D eigenvalue weighted by molar-refractivity contribution is 0.415. The quantitative estimate of drug-likeness (QED) is 0.610. The number of hydrogen-bond acceptors (Lipinski definition) is 7. The number of thiophene rings is 1. The van der Waals surface area contributed by atoms with Crippen molar-refractivity contribution >= 4 is 34.3 Å². The minimum Gasteiger partial charge on any atom is -0.497 e. The van der Waals surface area contributed by atoms with Crippen LogP contribution in [-0.4, -0.2) is 23.6 Å². The molecule has 0 amide bonds. The van der Waals surface area contributed by atoms with E-state index in [-0.39, 0.29) is 0 Å². The van der Waals surface area contributed by atoms with Gasteiger partial charge in [-0.2, -0.15) is 0 Å². The van der Waals surface area contributed by atoms with Crippen LogP contribution < -0.4 is 21.1 Å². The van der Waals surface area contributed by atoms with E-state index in [1.54, 1.807) is 18.4 Å². The second-order valence-electron chi connectivity index (χ2n) is 5.09. The second-order valence-corrected chi connectivity index (χ2v) is 6.13. The zero-order chi connectivity index (χ0) is 16.8. The third kappa shape index (κ3) is 3.94. The maximum atomic E-state index is 6.17. The van der Waals surface area contributed by atoms with E-state index in [1.807, 2.05) is 24.3 Å². The van der Waals surface area contributed by atoms with Gasteiger partial charge in [0.1, 0.15) is 17.8 Å². The highest BCUT2D eigenvalue weighted by Gasteiger charge is 2.08. The highest BCUT2D eigenvalue weighted by molar-refractivity contribution is 7.09. The summed E-state index contributed by atoms with van der Waals surface area (Å²) >= 11 is 1.74. The molecule has 0 atom stereocenters. The highest BCUT2D eigenvalue weighted by Crippen LogP contribution is 2.26. The number of anilines is 4. The van der Waals surface area contributed by atoms with Crippen LogP contribution in [-0.2, 0) is 6.42 Å². The molecule has 0 aliphatic rings. The molecule has 3 aromatic rings. The molecule has 0 saturated heterocycles. The van der Waals surface area contributed by atoms with Gasteiger partial charge in [-0.05, 0) is 42.1 Å². The van der Waals surface area contributed by atoms with Crippen molar-refractivity contribution in [2.45, 2.75) is 6.42 Å². The molecule has 2 heterocycles. The monoisotopic (exact) mass is 341 g/mol. The lowest BCUT2D eigenvalue weighted by Crippen LogP contribution is -2.10. The summed E-state index contributed by atoms with van der Waals surface area (Å²) in [7, 11) is 1.64. The number of hydrogen-bond donors (Lipinski definition) is 3. The Morgan fingerprint density at radius 3 is 2.62 bits per heavy atom. The van der Waals surface area contributed by atoms with E-state index in [2.05, 4.69) is 38.1 Å². The molecule has 2 aromatic heterocycles. The van der Waals surface area contributed by atoms with Crippen LogP contribution in [0.5, 0.6) is 5.75 Å². The molecule has 3 rings (SSSR count). The van der Waals surface area contributed by atoms with Gasteiger partial charge < -0.3 is 21.1 Å². The Balaban J connectivity index is 1.65. The molecule has 0 aliphatic carbocycles. The van der Waals surface area contributed by atoms with Crippen molar-refractivity contribution in [2.75, 3.05) is 30.0 Å². The van der Waals surface area contributed by atoms with Gasteiger partial charge in [0.05, 0.1) is 7.11 Å². The summed E-state index contributed by atoms with van der Waals surface area (Å²) in [5.41, 5.74) is 7.55. The maximum absolute atomic E-state index is 6.17. The first-order valence-corrected chi connectivity index (χ1v) is 8.42. The molecular weight excluding hydrogens is 322 g/mol. The largest absolute Gasteiger partial charge is 0.497 e. The number of aromatic nitrogens is 2. The van der Waals surface area contributed by atoms with Gasteiger partial charge in [0, 0.05) is 17.1 Å². The molecule has 0 unspecified atom stereocenters. The van der Waals surface area contributed by atoms with Gasteiger partial charge in [0.2, 0.25) is 0 Å². The molecule has 24 heavy (non-hydrogen) atoms. The van der Waals surface area contributed by atoms with E-state index in [0.717, 1.165) is 24.4 Å². The number of rotatable bonds is 7. The number of benzene rings is 1. The molecule has 7 heteroatoms. The first kappa shape index (κ1) is 16.1. The van der Waals surface area contributed by atoms with Crippen LogP contribution in [0.2, 0.25) is 0 Å². The third-order valence-electron chi connectivity index (χ3n) is 3.48. The van der Waals surface area contributed by atoms with Crippen LogP contribution in [0.25, 0.3) is 0 Å². The van der Waals surface area contributed by atoms with Crippen molar-refractivity contribution < 1.29 is 4.74 Å². The lowest BCUT2D eigenvalue weighted by Gasteiger charge is -2.12. The summed E-state index contributed by atoms with van der Waals surface area (Å²) < 4.78 is 5.15. The molecule has 0 aliphatic heterocycles. The van der Waals surface area contributed by atoms with E-state index in [9.17, 15) is 0 Å². The van der Waals surface area contributed by atoms with E-state index in [0.29, 0.717) is 17.3 Å². The van der Waals surface area contributed by atoms with Crippen LogP contribution in [0.3, 0.4) is 0 Å². The lowest BCUT2D eigenvalue weighted by atomic mass is 10.3. The van der Waals surface area contributed by atoms with Gasteiger partial charge in [0.15, 0.2) is 11.6 Å². The molecule has 6 nitrogen and oxygen atoms in total. The molecule has 0 saturated carbocycles. The molecule has 4 N–H and O–H groups in total. The van der Waals surface area contributed by atoms with Crippen molar-refractivity contribution in [3.63, 3.8) is 0 Å². The van der Waals surface area contributed by atoms with Gasteiger partial charge in [-0.15, -0.1) is 11.3 Å². The van der Waals surface area contributed by atoms with Crippen molar-refractivity contribution in [2.24, 2.45) is 0 Å². The van der Waals surface area contributed by atoms with Crippen LogP contribution in [0.1, 0.15) is 4.88 Å². The van der Waals surface area contributed by atoms with Crippen LogP contribution in [0.15, 0.2) is 48.1 Å². The Hall–Kier alpha value is -2.80. The van der Waals surface area contributed by atoms with Crippen LogP contribution >= 0.6 is 11.3 Å². The molecule has 1 aromatic carbocycles. The molecule has 0 spiro atoms. The van der Waals surface area contributed by atoms with Gasteiger partial charge in [-0.3, -0.25) is 0 Å². The summed E-state index contributed by atoms with van der Waals surface area (Å²) in [6.07, 6.45) is 2.43. The third-order valence-corrected chi connectivity index (χ3v) is 4.42. The Kier molecular flexibility index (Phi) is 5.12. The van der Waals surface area contributed by atoms with Crippen molar-refractivity contribution in [3.05, 3.63) is 53.0 Å². The van der Waals surface area contributed by atoms with E-state index in [4.69, 9.17) is 10.5 Å². The number of nitrogen functional groups attached to an aromatic ring is 1. The summed E-state index contributed by atoms with van der Waals surface area (Å²) in [6.45, 7) is 0.768. The predicted octanol–water partition coefficient (Wildman–Crippen LogP) is 3.53. The Morgan fingerprint density at radius 2 is 1.92 bits per heavy atom. The Labute approximate surface area is 144 Å². The first-order chi connectivity index (χ1) is 11.8. The first-order valence-electron chi connectivity index (χ1n) is 7.54. The Morgan fingerprint density at radius 1 is 1.12 bits per heavy atom. The zero-order valence-corrected chi connectivity index (χ0v) is 14.1. The summed E-state index contributed by atoms with van der Waals surface area (Å²) in [6, 6.07) is 11.7. The van der Waals surface area contributed by atoms with Crippen LogP contribution in [0.4, 0.5) is 23.0 Å². The fourth-order valence-corrected chi connectivity index (χ4v) is 2.92. The number of nitrogens with zero attached hydrogens (tertiary/aromatic N) is 2. The molecule has 0 radical (unpaired) electrons.